The van der Waals surface area contributed by atoms with Gasteiger partial charge in [-0.05, 0) is 35.9 Å². The molecule has 3 rings (SSSR count). The molecule has 6 nitrogen and oxygen atoms in total. The Morgan fingerprint density at radius 3 is 2.43 bits per heavy atom. The Morgan fingerprint density at radius 2 is 1.82 bits per heavy atom. The van der Waals surface area contributed by atoms with Crippen LogP contribution in [-0.2, 0) is 14.4 Å². The number of imide groups is 1. The fourth-order valence-corrected chi connectivity index (χ4v) is 2.89. The van der Waals surface area contributed by atoms with Crippen molar-refractivity contribution in [2.45, 2.75) is 6.92 Å². The number of carbonyl (C=O) groups is 3. The molecular weight excluding hydrogens is 361 g/mol. The first-order valence-corrected chi connectivity index (χ1v) is 8.52. The van der Waals surface area contributed by atoms with Gasteiger partial charge in [-0.25, -0.2) is 4.39 Å². The van der Waals surface area contributed by atoms with Gasteiger partial charge in [0.05, 0.1) is 5.57 Å². The first-order chi connectivity index (χ1) is 13.4. The molecule has 0 aromatic heterocycles. The number of carbonyl (C=O) groups excluding carboxylic acids is 3. The molecule has 1 aliphatic heterocycles. The molecule has 0 saturated carbocycles. The van der Waals surface area contributed by atoms with Crippen LogP contribution in [0.25, 0.3) is 5.57 Å². The molecule has 7 heteroatoms. The van der Waals surface area contributed by atoms with Gasteiger partial charge < -0.3 is 10.6 Å². The van der Waals surface area contributed by atoms with Crippen molar-refractivity contribution >= 4 is 34.7 Å². The Bertz CT molecular complexity index is 996. The van der Waals surface area contributed by atoms with Crippen molar-refractivity contribution in [1.29, 1.82) is 0 Å². The molecule has 142 valence electrons. The van der Waals surface area contributed by atoms with E-state index in [-0.39, 0.29) is 23.7 Å². The van der Waals surface area contributed by atoms with Crippen molar-refractivity contribution in [2.75, 3.05) is 17.2 Å². The average molecular weight is 379 g/mol. The quantitative estimate of drug-likeness (QED) is 0.597. The van der Waals surface area contributed by atoms with Crippen LogP contribution in [0, 0.1) is 5.82 Å². The lowest BCUT2D eigenvalue weighted by molar-refractivity contribution is -0.136. The fraction of sp³-hybridized carbons (Fsp3) is 0.0952. The molecule has 2 aromatic carbocycles. The van der Waals surface area contributed by atoms with Crippen molar-refractivity contribution in [3.63, 3.8) is 0 Å². The van der Waals surface area contributed by atoms with E-state index in [4.69, 9.17) is 0 Å². The van der Waals surface area contributed by atoms with E-state index in [1.165, 1.54) is 31.2 Å². The standard InChI is InChI=1S/C21H18FN3O3/c1-3-11-25-20(27)18(14-7-9-16(10-8-14)23-13(2)26)19(21(25)28)24-17-6-4-5-15(22)12-17/h3-10,12,24H,1,11H2,2H3,(H,23,26). The molecule has 0 aliphatic carbocycles. The predicted octanol–water partition coefficient (Wildman–Crippen LogP) is 3.16. The lowest BCUT2D eigenvalue weighted by Gasteiger charge is -2.12. The second-order valence-electron chi connectivity index (χ2n) is 6.15. The summed E-state index contributed by atoms with van der Waals surface area (Å²) in [6, 6.07) is 12.2. The lowest BCUT2D eigenvalue weighted by atomic mass is 10.0. The van der Waals surface area contributed by atoms with Crippen molar-refractivity contribution in [3.05, 3.63) is 78.3 Å². The zero-order valence-corrected chi connectivity index (χ0v) is 15.2. The summed E-state index contributed by atoms with van der Waals surface area (Å²) in [6.45, 7) is 5.02. The molecule has 0 saturated heterocycles. The van der Waals surface area contributed by atoms with E-state index in [0.717, 1.165) is 4.90 Å². The van der Waals surface area contributed by atoms with Gasteiger partial charge >= 0.3 is 0 Å². The van der Waals surface area contributed by atoms with E-state index >= 15 is 0 Å². The van der Waals surface area contributed by atoms with Gasteiger partial charge in [-0.1, -0.05) is 24.3 Å². The topological polar surface area (TPSA) is 78.5 Å². The third kappa shape index (κ3) is 3.83. The highest BCUT2D eigenvalue weighted by atomic mass is 19.1. The molecule has 0 spiro atoms. The molecule has 0 fully saturated rings. The fourth-order valence-electron chi connectivity index (χ4n) is 2.89. The van der Waals surface area contributed by atoms with Crippen LogP contribution in [0.3, 0.4) is 0 Å². The zero-order chi connectivity index (χ0) is 20.3. The molecule has 2 N–H and O–H groups in total. The van der Waals surface area contributed by atoms with Crippen LogP contribution >= 0.6 is 0 Å². The maximum Gasteiger partial charge on any atom is 0.278 e. The highest BCUT2D eigenvalue weighted by Gasteiger charge is 2.38. The molecule has 2 aromatic rings. The first kappa shape index (κ1) is 19.0. The van der Waals surface area contributed by atoms with Crippen molar-refractivity contribution in [1.82, 2.24) is 4.90 Å². The van der Waals surface area contributed by atoms with Crippen LogP contribution in [0.15, 0.2) is 66.9 Å². The van der Waals surface area contributed by atoms with E-state index < -0.39 is 17.6 Å². The Labute approximate surface area is 161 Å². The highest BCUT2D eigenvalue weighted by molar-refractivity contribution is 6.36. The lowest BCUT2D eigenvalue weighted by Crippen LogP contribution is -2.32. The normalized spacial score (nSPS) is 13.7. The number of hydrogen-bond donors (Lipinski definition) is 2. The third-order valence-electron chi connectivity index (χ3n) is 4.07. The van der Waals surface area contributed by atoms with E-state index in [9.17, 15) is 18.8 Å². The van der Waals surface area contributed by atoms with Crippen LogP contribution in [0.1, 0.15) is 12.5 Å². The monoisotopic (exact) mass is 379 g/mol. The Balaban J connectivity index is 2.03. The Kier molecular flexibility index (Phi) is 5.35. The number of anilines is 2. The molecule has 0 unspecified atom stereocenters. The summed E-state index contributed by atoms with van der Waals surface area (Å²) in [5, 5.41) is 5.51. The Hall–Kier alpha value is -3.74. The van der Waals surface area contributed by atoms with E-state index in [1.807, 2.05) is 0 Å². The molecular formula is C21H18FN3O3. The molecule has 1 aliphatic rings. The summed E-state index contributed by atoms with van der Waals surface area (Å²) in [7, 11) is 0. The van der Waals surface area contributed by atoms with Crippen LogP contribution < -0.4 is 10.6 Å². The minimum Gasteiger partial charge on any atom is -0.350 e. The minimum absolute atomic E-state index is 0.0550. The first-order valence-electron chi connectivity index (χ1n) is 8.52. The summed E-state index contributed by atoms with van der Waals surface area (Å²) >= 11 is 0. The molecule has 0 atom stereocenters. The van der Waals surface area contributed by atoms with Crippen molar-refractivity contribution < 1.29 is 18.8 Å². The summed E-state index contributed by atoms with van der Waals surface area (Å²) in [5.41, 5.74) is 1.65. The summed E-state index contributed by atoms with van der Waals surface area (Å²) in [5.74, 6) is -1.68. The van der Waals surface area contributed by atoms with E-state index in [0.29, 0.717) is 16.9 Å². The van der Waals surface area contributed by atoms with Gasteiger partial charge in [-0.3, -0.25) is 19.3 Å². The van der Waals surface area contributed by atoms with Crippen LogP contribution in [-0.4, -0.2) is 29.2 Å². The van der Waals surface area contributed by atoms with Gasteiger partial charge in [0, 0.05) is 24.8 Å². The van der Waals surface area contributed by atoms with Gasteiger partial charge in [0.1, 0.15) is 11.5 Å². The number of halogens is 1. The average Bonchev–Trinajstić information content (AvgIpc) is 2.87. The maximum absolute atomic E-state index is 13.5. The SMILES string of the molecule is C=CCN1C(=O)C(Nc2cccc(F)c2)=C(c2ccc(NC(C)=O)cc2)C1=O. The summed E-state index contributed by atoms with van der Waals surface area (Å²) in [4.78, 5) is 37.9. The predicted molar refractivity (Wildman–Crippen MR) is 105 cm³/mol. The highest BCUT2D eigenvalue weighted by Crippen LogP contribution is 2.31. The van der Waals surface area contributed by atoms with E-state index in [1.54, 1.807) is 30.3 Å². The molecule has 3 amide bonds. The van der Waals surface area contributed by atoms with Gasteiger partial charge in [-0.2, -0.15) is 0 Å². The molecule has 0 bridgehead atoms. The second kappa shape index (κ2) is 7.87. The van der Waals surface area contributed by atoms with Crippen LogP contribution in [0.2, 0.25) is 0 Å². The van der Waals surface area contributed by atoms with Gasteiger partial charge in [0.25, 0.3) is 11.8 Å². The minimum atomic E-state index is -0.518. The largest absolute Gasteiger partial charge is 0.350 e. The number of rotatable bonds is 6. The van der Waals surface area contributed by atoms with E-state index in [2.05, 4.69) is 17.2 Å². The summed E-state index contributed by atoms with van der Waals surface area (Å²) in [6.07, 6.45) is 1.46. The summed E-state index contributed by atoms with van der Waals surface area (Å²) < 4.78 is 13.5. The Morgan fingerprint density at radius 1 is 1.11 bits per heavy atom. The number of hydrogen-bond acceptors (Lipinski definition) is 4. The van der Waals surface area contributed by atoms with Crippen LogP contribution in [0.5, 0.6) is 0 Å². The number of nitrogens with one attached hydrogen (secondary N) is 2. The van der Waals surface area contributed by atoms with Gasteiger partial charge in [0.2, 0.25) is 5.91 Å². The zero-order valence-electron chi connectivity index (χ0n) is 15.2. The number of nitrogens with zero attached hydrogens (tertiary/aromatic N) is 1. The third-order valence-corrected chi connectivity index (χ3v) is 4.07. The van der Waals surface area contributed by atoms with Crippen molar-refractivity contribution in [2.24, 2.45) is 0 Å². The molecule has 0 radical (unpaired) electrons. The van der Waals surface area contributed by atoms with Crippen LogP contribution in [0.4, 0.5) is 15.8 Å². The second-order valence-corrected chi connectivity index (χ2v) is 6.15. The smallest absolute Gasteiger partial charge is 0.278 e. The number of benzene rings is 2. The molecule has 1 heterocycles. The maximum atomic E-state index is 13.5. The molecule has 28 heavy (non-hydrogen) atoms. The van der Waals surface area contributed by atoms with Gasteiger partial charge in [0.15, 0.2) is 0 Å². The van der Waals surface area contributed by atoms with Gasteiger partial charge in [-0.15, -0.1) is 6.58 Å². The number of amides is 3. The van der Waals surface area contributed by atoms with Crippen molar-refractivity contribution in [3.8, 4) is 0 Å².